The lowest BCUT2D eigenvalue weighted by Gasteiger charge is -2.17. The van der Waals surface area contributed by atoms with Crippen molar-refractivity contribution in [1.29, 1.82) is 0 Å². The molecule has 15 heavy (non-hydrogen) atoms. The molecule has 1 atom stereocenters. The van der Waals surface area contributed by atoms with Gasteiger partial charge >= 0.3 is 0 Å². The molecule has 2 nitrogen and oxygen atoms in total. The monoisotopic (exact) mass is 210 g/mol. The summed E-state index contributed by atoms with van der Waals surface area (Å²) >= 11 is 0. The molecule has 0 aromatic carbocycles. The number of rotatable bonds is 8. The van der Waals surface area contributed by atoms with E-state index in [9.17, 15) is 0 Å². The Balaban J connectivity index is 1.55. The summed E-state index contributed by atoms with van der Waals surface area (Å²) in [5, 5.41) is 3.64. The molecule has 0 aliphatic heterocycles. The van der Waals surface area contributed by atoms with Crippen molar-refractivity contribution < 1.29 is 0 Å². The fourth-order valence-corrected chi connectivity index (χ4v) is 2.50. The molecule has 3 N–H and O–H groups in total. The molecule has 2 aliphatic carbocycles. The molecule has 0 saturated heterocycles. The van der Waals surface area contributed by atoms with Gasteiger partial charge in [-0.2, -0.15) is 0 Å². The highest BCUT2D eigenvalue weighted by Crippen LogP contribution is 2.48. The van der Waals surface area contributed by atoms with Crippen molar-refractivity contribution in [1.82, 2.24) is 5.32 Å². The first-order valence-electron chi connectivity index (χ1n) is 6.72. The van der Waals surface area contributed by atoms with Gasteiger partial charge in [0.1, 0.15) is 0 Å². The zero-order valence-electron chi connectivity index (χ0n) is 10.0. The van der Waals surface area contributed by atoms with E-state index in [1.54, 1.807) is 0 Å². The average Bonchev–Trinajstić information content (AvgIpc) is 3.09. The van der Waals surface area contributed by atoms with E-state index in [2.05, 4.69) is 12.2 Å². The standard InChI is InChI=1S/C13H26N2/c1-10(8-14)6-7-15-9-13(11-2-3-11)12-4-5-12/h10-13,15H,2-9,14H2,1H3. The van der Waals surface area contributed by atoms with Crippen molar-refractivity contribution in [2.75, 3.05) is 19.6 Å². The van der Waals surface area contributed by atoms with Crippen LogP contribution >= 0.6 is 0 Å². The summed E-state index contributed by atoms with van der Waals surface area (Å²) in [4.78, 5) is 0. The molecule has 0 radical (unpaired) electrons. The summed E-state index contributed by atoms with van der Waals surface area (Å²) in [6.07, 6.45) is 7.24. The average molecular weight is 210 g/mol. The largest absolute Gasteiger partial charge is 0.330 e. The second-order valence-electron chi connectivity index (χ2n) is 5.67. The van der Waals surface area contributed by atoms with Gasteiger partial charge in [-0.15, -0.1) is 0 Å². The molecular formula is C13H26N2. The van der Waals surface area contributed by atoms with Crippen LogP contribution in [0.5, 0.6) is 0 Å². The summed E-state index contributed by atoms with van der Waals surface area (Å²) in [6.45, 7) is 5.50. The Morgan fingerprint density at radius 1 is 1.20 bits per heavy atom. The van der Waals surface area contributed by atoms with Crippen molar-refractivity contribution in [2.45, 2.75) is 39.0 Å². The molecule has 1 unspecified atom stereocenters. The molecular weight excluding hydrogens is 184 g/mol. The van der Waals surface area contributed by atoms with Crippen molar-refractivity contribution in [3.63, 3.8) is 0 Å². The van der Waals surface area contributed by atoms with Gasteiger partial charge in [0.15, 0.2) is 0 Å². The van der Waals surface area contributed by atoms with Gasteiger partial charge < -0.3 is 11.1 Å². The third-order valence-electron chi connectivity index (χ3n) is 4.05. The molecule has 2 rings (SSSR count). The minimum absolute atomic E-state index is 0.679. The van der Waals surface area contributed by atoms with Gasteiger partial charge in [0.25, 0.3) is 0 Å². The van der Waals surface area contributed by atoms with Gasteiger partial charge in [0.05, 0.1) is 0 Å². The number of nitrogens with two attached hydrogens (primary N) is 1. The third kappa shape index (κ3) is 3.76. The zero-order valence-corrected chi connectivity index (χ0v) is 10.0. The van der Waals surface area contributed by atoms with Gasteiger partial charge in [-0.25, -0.2) is 0 Å². The maximum absolute atomic E-state index is 5.60. The Morgan fingerprint density at radius 2 is 1.80 bits per heavy atom. The Morgan fingerprint density at radius 3 is 2.27 bits per heavy atom. The molecule has 2 heteroatoms. The van der Waals surface area contributed by atoms with E-state index in [1.165, 1.54) is 38.6 Å². The van der Waals surface area contributed by atoms with Gasteiger partial charge in [0, 0.05) is 0 Å². The van der Waals surface area contributed by atoms with Crippen LogP contribution in [0.2, 0.25) is 0 Å². The highest BCUT2D eigenvalue weighted by atomic mass is 14.9. The first kappa shape index (κ1) is 11.4. The van der Waals surface area contributed by atoms with E-state index in [1.807, 2.05) is 0 Å². The maximum atomic E-state index is 5.60. The van der Waals surface area contributed by atoms with E-state index >= 15 is 0 Å². The number of nitrogens with one attached hydrogen (secondary N) is 1. The molecule has 2 saturated carbocycles. The number of hydrogen-bond donors (Lipinski definition) is 2. The normalized spacial score (nSPS) is 23.4. The lowest BCUT2D eigenvalue weighted by Crippen LogP contribution is -2.28. The quantitative estimate of drug-likeness (QED) is 0.601. The van der Waals surface area contributed by atoms with Crippen molar-refractivity contribution in [3.8, 4) is 0 Å². The van der Waals surface area contributed by atoms with E-state index in [4.69, 9.17) is 5.73 Å². The Labute approximate surface area is 94.0 Å². The van der Waals surface area contributed by atoms with Crippen molar-refractivity contribution >= 4 is 0 Å². The molecule has 0 amide bonds. The van der Waals surface area contributed by atoms with Crippen LogP contribution < -0.4 is 11.1 Å². The fourth-order valence-electron chi connectivity index (χ4n) is 2.50. The summed E-state index contributed by atoms with van der Waals surface area (Å²) in [7, 11) is 0. The molecule has 0 bridgehead atoms. The second kappa shape index (κ2) is 5.31. The Kier molecular flexibility index (Phi) is 4.04. The smallest absolute Gasteiger partial charge is 0.00152 e. The lowest BCUT2D eigenvalue weighted by atomic mass is 9.98. The van der Waals surface area contributed by atoms with Gasteiger partial charge in [-0.1, -0.05) is 6.92 Å². The predicted octanol–water partition coefficient (Wildman–Crippen LogP) is 2.00. The minimum Gasteiger partial charge on any atom is -0.330 e. The van der Waals surface area contributed by atoms with Crippen LogP contribution in [0.25, 0.3) is 0 Å². The fraction of sp³-hybridized carbons (Fsp3) is 1.00. The van der Waals surface area contributed by atoms with Crippen LogP contribution in [0.3, 0.4) is 0 Å². The van der Waals surface area contributed by atoms with Gasteiger partial charge in [-0.3, -0.25) is 0 Å². The topological polar surface area (TPSA) is 38.0 Å². The molecule has 0 aromatic heterocycles. The van der Waals surface area contributed by atoms with Crippen LogP contribution in [-0.2, 0) is 0 Å². The van der Waals surface area contributed by atoms with Gasteiger partial charge in [-0.05, 0) is 75.4 Å². The second-order valence-corrected chi connectivity index (χ2v) is 5.67. The van der Waals surface area contributed by atoms with Crippen LogP contribution in [0.4, 0.5) is 0 Å². The molecule has 2 fully saturated rings. The Bertz CT molecular complexity index is 173. The summed E-state index contributed by atoms with van der Waals surface area (Å²) in [5.74, 6) is 3.85. The summed E-state index contributed by atoms with van der Waals surface area (Å²) in [6, 6.07) is 0. The van der Waals surface area contributed by atoms with Crippen LogP contribution in [0.1, 0.15) is 39.0 Å². The van der Waals surface area contributed by atoms with Crippen molar-refractivity contribution in [3.05, 3.63) is 0 Å². The van der Waals surface area contributed by atoms with Crippen LogP contribution in [0.15, 0.2) is 0 Å². The number of hydrogen-bond acceptors (Lipinski definition) is 2. The lowest BCUT2D eigenvalue weighted by molar-refractivity contribution is 0.371. The predicted molar refractivity (Wildman–Crippen MR) is 64.6 cm³/mol. The van der Waals surface area contributed by atoms with Gasteiger partial charge in [0.2, 0.25) is 0 Å². The zero-order chi connectivity index (χ0) is 10.7. The molecule has 0 aromatic rings. The molecule has 2 aliphatic rings. The maximum Gasteiger partial charge on any atom is -0.00152 e. The molecule has 88 valence electrons. The summed E-state index contributed by atoms with van der Waals surface area (Å²) < 4.78 is 0. The van der Waals surface area contributed by atoms with E-state index in [0.717, 1.165) is 30.8 Å². The SMILES string of the molecule is CC(CN)CCNCC(C1CC1)C1CC1. The van der Waals surface area contributed by atoms with E-state index < -0.39 is 0 Å². The third-order valence-corrected chi connectivity index (χ3v) is 4.05. The van der Waals surface area contributed by atoms with E-state index in [-0.39, 0.29) is 0 Å². The van der Waals surface area contributed by atoms with Crippen molar-refractivity contribution in [2.24, 2.45) is 29.4 Å². The Hall–Kier alpha value is -0.0800. The summed E-state index contributed by atoms with van der Waals surface area (Å²) in [5.41, 5.74) is 5.60. The van der Waals surface area contributed by atoms with Crippen LogP contribution in [0, 0.1) is 23.7 Å². The minimum atomic E-state index is 0.679. The van der Waals surface area contributed by atoms with E-state index in [0.29, 0.717) is 5.92 Å². The highest BCUT2D eigenvalue weighted by molar-refractivity contribution is 4.92. The molecule has 0 spiro atoms. The molecule has 0 heterocycles. The van der Waals surface area contributed by atoms with Crippen LogP contribution in [-0.4, -0.2) is 19.6 Å². The first-order chi connectivity index (χ1) is 7.31. The highest BCUT2D eigenvalue weighted by Gasteiger charge is 2.40. The first-order valence-corrected chi connectivity index (χ1v) is 6.72.